The zero-order valence-electron chi connectivity index (χ0n) is 8.47. The lowest BCUT2D eigenvalue weighted by Gasteiger charge is -2.22. The van der Waals surface area contributed by atoms with Gasteiger partial charge in [-0.1, -0.05) is 0 Å². The average Bonchev–Trinajstić information content (AvgIpc) is 2.54. The van der Waals surface area contributed by atoms with Gasteiger partial charge in [0.2, 0.25) is 5.91 Å². The Labute approximate surface area is 79.7 Å². The Morgan fingerprint density at radius 2 is 2.31 bits per heavy atom. The maximum absolute atomic E-state index is 11.1. The smallest absolute Gasteiger partial charge is 0.233 e. The van der Waals surface area contributed by atoms with Gasteiger partial charge in [-0.05, 0) is 26.4 Å². The van der Waals surface area contributed by atoms with E-state index in [2.05, 4.69) is 15.5 Å². The summed E-state index contributed by atoms with van der Waals surface area (Å²) in [5.74, 6) is 0.114. The Hall–Kier alpha value is -0.610. The van der Waals surface area contributed by atoms with Crippen molar-refractivity contribution in [2.24, 2.45) is 0 Å². The first-order valence-corrected chi connectivity index (χ1v) is 4.87. The van der Waals surface area contributed by atoms with E-state index in [0.29, 0.717) is 12.6 Å². The fraction of sp³-hybridized carbons (Fsp3) is 0.889. The molecule has 0 aromatic carbocycles. The number of amides is 1. The first kappa shape index (κ1) is 10.5. The molecule has 1 unspecified atom stereocenters. The predicted molar refractivity (Wildman–Crippen MR) is 52.6 cm³/mol. The summed E-state index contributed by atoms with van der Waals surface area (Å²) in [5, 5.41) is 5.81. The van der Waals surface area contributed by atoms with E-state index in [4.69, 9.17) is 0 Å². The van der Waals surface area contributed by atoms with Gasteiger partial charge in [-0.15, -0.1) is 0 Å². The van der Waals surface area contributed by atoms with Crippen LogP contribution in [-0.4, -0.2) is 50.6 Å². The van der Waals surface area contributed by atoms with Gasteiger partial charge in [-0.3, -0.25) is 9.69 Å². The van der Waals surface area contributed by atoms with Gasteiger partial charge in [-0.25, -0.2) is 0 Å². The van der Waals surface area contributed by atoms with Crippen molar-refractivity contribution in [3.05, 3.63) is 0 Å². The van der Waals surface area contributed by atoms with Gasteiger partial charge in [0.15, 0.2) is 0 Å². The lowest BCUT2D eigenvalue weighted by atomic mass is 10.2. The van der Waals surface area contributed by atoms with Crippen LogP contribution >= 0.6 is 0 Å². The van der Waals surface area contributed by atoms with Crippen molar-refractivity contribution in [3.8, 4) is 0 Å². The molecular formula is C9H19N3O. The molecule has 0 aromatic heterocycles. The number of carbonyl (C=O) groups excluding carboxylic acids is 1. The fourth-order valence-corrected chi connectivity index (χ4v) is 1.83. The van der Waals surface area contributed by atoms with Crippen molar-refractivity contribution in [1.82, 2.24) is 15.5 Å². The van der Waals surface area contributed by atoms with Crippen LogP contribution in [0.5, 0.6) is 0 Å². The largest absolute Gasteiger partial charge is 0.358 e. The highest BCUT2D eigenvalue weighted by Crippen LogP contribution is 2.15. The third-order valence-corrected chi connectivity index (χ3v) is 2.56. The van der Waals surface area contributed by atoms with Crippen LogP contribution in [-0.2, 0) is 4.79 Å². The molecule has 4 nitrogen and oxygen atoms in total. The van der Waals surface area contributed by atoms with Crippen LogP contribution in [0.3, 0.4) is 0 Å². The van der Waals surface area contributed by atoms with E-state index in [-0.39, 0.29) is 5.91 Å². The molecule has 0 spiro atoms. The zero-order valence-corrected chi connectivity index (χ0v) is 8.47. The van der Waals surface area contributed by atoms with Gasteiger partial charge < -0.3 is 10.6 Å². The molecule has 1 atom stereocenters. The van der Waals surface area contributed by atoms with Gasteiger partial charge >= 0.3 is 0 Å². The minimum Gasteiger partial charge on any atom is -0.358 e. The number of hydrogen-bond acceptors (Lipinski definition) is 3. The van der Waals surface area contributed by atoms with Crippen molar-refractivity contribution >= 4 is 5.91 Å². The lowest BCUT2D eigenvalue weighted by Crippen LogP contribution is -2.42. The maximum Gasteiger partial charge on any atom is 0.233 e. The van der Waals surface area contributed by atoms with Gasteiger partial charge in [0, 0.05) is 19.6 Å². The van der Waals surface area contributed by atoms with E-state index >= 15 is 0 Å². The normalized spacial score (nSPS) is 23.4. The van der Waals surface area contributed by atoms with E-state index in [9.17, 15) is 4.79 Å². The Morgan fingerprint density at radius 3 is 2.92 bits per heavy atom. The third-order valence-electron chi connectivity index (χ3n) is 2.56. The summed E-state index contributed by atoms with van der Waals surface area (Å²) in [6.45, 7) is 2.58. The Kier molecular flexibility index (Phi) is 4.18. The first-order chi connectivity index (χ1) is 6.27. The van der Waals surface area contributed by atoms with E-state index < -0.39 is 0 Å². The minimum atomic E-state index is 0.114. The lowest BCUT2D eigenvalue weighted by molar-refractivity contribution is -0.121. The molecule has 0 saturated carbocycles. The molecule has 0 bridgehead atoms. The molecule has 1 aliphatic rings. The molecule has 13 heavy (non-hydrogen) atoms. The summed E-state index contributed by atoms with van der Waals surface area (Å²) in [4.78, 5) is 13.4. The number of likely N-dealkylation sites (tertiary alicyclic amines) is 1. The van der Waals surface area contributed by atoms with Crippen LogP contribution < -0.4 is 10.6 Å². The molecule has 4 heteroatoms. The summed E-state index contributed by atoms with van der Waals surface area (Å²) in [7, 11) is 3.64. The molecule has 1 rings (SSSR count). The summed E-state index contributed by atoms with van der Waals surface area (Å²) >= 11 is 0. The fourth-order valence-electron chi connectivity index (χ4n) is 1.83. The highest BCUT2D eigenvalue weighted by molar-refractivity contribution is 5.77. The highest BCUT2D eigenvalue weighted by Gasteiger charge is 2.24. The van der Waals surface area contributed by atoms with Crippen LogP contribution in [0, 0.1) is 0 Å². The molecular weight excluding hydrogens is 166 g/mol. The number of rotatable bonds is 4. The van der Waals surface area contributed by atoms with Gasteiger partial charge in [0.05, 0.1) is 6.54 Å². The van der Waals surface area contributed by atoms with Crippen LogP contribution in [0.1, 0.15) is 12.8 Å². The quantitative estimate of drug-likeness (QED) is 0.615. The third kappa shape index (κ3) is 2.97. The van der Waals surface area contributed by atoms with E-state index in [1.54, 1.807) is 7.05 Å². The molecule has 1 aliphatic heterocycles. The molecule has 1 fully saturated rings. The van der Waals surface area contributed by atoms with Crippen LogP contribution in [0.25, 0.3) is 0 Å². The predicted octanol–water partition coefficient (Wildman–Crippen LogP) is -0.584. The number of likely N-dealkylation sites (N-methyl/N-ethyl adjacent to an activating group) is 2. The SMILES string of the molecule is CNCC1CCCN1CC(=O)NC. The molecule has 1 heterocycles. The summed E-state index contributed by atoms with van der Waals surface area (Å²) < 4.78 is 0. The van der Waals surface area contributed by atoms with Crippen LogP contribution in [0.2, 0.25) is 0 Å². The Balaban J connectivity index is 2.34. The van der Waals surface area contributed by atoms with Crippen LogP contribution in [0.4, 0.5) is 0 Å². The average molecular weight is 185 g/mol. The standard InChI is InChI=1S/C9H19N3O/c1-10-6-8-4-3-5-12(8)7-9(13)11-2/h8,10H,3-7H2,1-2H3,(H,11,13). The van der Waals surface area contributed by atoms with E-state index in [1.807, 2.05) is 7.05 Å². The highest BCUT2D eigenvalue weighted by atomic mass is 16.1. The van der Waals surface area contributed by atoms with E-state index in [1.165, 1.54) is 12.8 Å². The van der Waals surface area contributed by atoms with Gasteiger partial charge in [0.1, 0.15) is 0 Å². The first-order valence-electron chi connectivity index (χ1n) is 4.87. The second kappa shape index (κ2) is 5.19. The van der Waals surface area contributed by atoms with Crippen LogP contribution in [0.15, 0.2) is 0 Å². The van der Waals surface area contributed by atoms with Gasteiger partial charge in [0.25, 0.3) is 0 Å². The topological polar surface area (TPSA) is 44.4 Å². The molecule has 0 radical (unpaired) electrons. The molecule has 0 aromatic rings. The number of nitrogens with zero attached hydrogens (tertiary/aromatic N) is 1. The molecule has 1 amide bonds. The number of carbonyl (C=O) groups is 1. The summed E-state index contributed by atoms with van der Waals surface area (Å²) in [6, 6.07) is 0.544. The second-order valence-corrected chi connectivity index (χ2v) is 3.50. The Bertz CT molecular complexity index is 172. The van der Waals surface area contributed by atoms with Crippen molar-refractivity contribution < 1.29 is 4.79 Å². The zero-order chi connectivity index (χ0) is 9.68. The van der Waals surface area contributed by atoms with Crippen molar-refractivity contribution in [2.75, 3.05) is 33.7 Å². The second-order valence-electron chi connectivity index (χ2n) is 3.50. The number of hydrogen-bond donors (Lipinski definition) is 2. The van der Waals surface area contributed by atoms with E-state index in [0.717, 1.165) is 13.1 Å². The summed E-state index contributed by atoms with van der Waals surface area (Å²) in [5.41, 5.74) is 0. The maximum atomic E-state index is 11.1. The molecule has 0 aliphatic carbocycles. The van der Waals surface area contributed by atoms with Crippen molar-refractivity contribution in [3.63, 3.8) is 0 Å². The molecule has 2 N–H and O–H groups in total. The molecule has 76 valence electrons. The minimum absolute atomic E-state index is 0.114. The number of nitrogens with one attached hydrogen (secondary N) is 2. The van der Waals surface area contributed by atoms with Gasteiger partial charge in [-0.2, -0.15) is 0 Å². The molecule has 1 saturated heterocycles. The van der Waals surface area contributed by atoms with Crippen molar-refractivity contribution in [1.29, 1.82) is 0 Å². The Morgan fingerprint density at radius 1 is 1.54 bits per heavy atom. The monoisotopic (exact) mass is 185 g/mol. The van der Waals surface area contributed by atoms with Crippen molar-refractivity contribution in [2.45, 2.75) is 18.9 Å². The summed E-state index contributed by atoms with van der Waals surface area (Å²) in [6.07, 6.45) is 2.42.